The number of benzene rings is 2. The molecule has 0 heterocycles. The van der Waals surface area contributed by atoms with Gasteiger partial charge in [0.05, 0.1) is 0 Å². The molecule has 0 atom stereocenters. The Morgan fingerprint density at radius 1 is 1.15 bits per heavy atom. The molecule has 0 saturated heterocycles. The van der Waals surface area contributed by atoms with Crippen LogP contribution in [0.5, 0.6) is 0 Å². The summed E-state index contributed by atoms with van der Waals surface area (Å²) in [5.41, 5.74) is 8.10. The maximum Gasteiger partial charge on any atom is 0.128 e. The van der Waals surface area contributed by atoms with E-state index in [9.17, 15) is 4.39 Å². The van der Waals surface area contributed by atoms with Gasteiger partial charge in [0, 0.05) is 29.9 Å². The van der Waals surface area contributed by atoms with E-state index in [1.165, 1.54) is 6.07 Å². The molecule has 4 heteroatoms. The maximum absolute atomic E-state index is 13.9. The highest BCUT2D eigenvalue weighted by Crippen LogP contribution is 2.25. The van der Waals surface area contributed by atoms with Crippen molar-refractivity contribution in [1.82, 2.24) is 0 Å². The van der Waals surface area contributed by atoms with E-state index in [1.54, 1.807) is 6.07 Å². The van der Waals surface area contributed by atoms with E-state index in [1.807, 2.05) is 42.3 Å². The molecule has 2 nitrogen and oxygen atoms in total. The number of anilines is 1. The first-order chi connectivity index (χ1) is 9.63. The van der Waals surface area contributed by atoms with Crippen LogP contribution in [-0.4, -0.2) is 13.6 Å². The Hall–Kier alpha value is -1.58. The number of hydrogen-bond acceptors (Lipinski definition) is 2. The molecule has 0 radical (unpaired) electrons. The fraction of sp³-hybridized carbons (Fsp3) is 0.250. The van der Waals surface area contributed by atoms with Crippen molar-refractivity contribution in [3.8, 4) is 0 Å². The van der Waals surface area contributed by atoms with Crippen molar-refractivity contribution < 1.29 is 4.39 Å². The Balaban J connectivity index is 2.27. The summed E-state index contributed by atoms with van der Waals surface area (Å²) >= 11 is 6.17. The van der Waals surface area contributed by atoms with Crippen LogP contribution in [0.2, 0.25) is 5.02 Å². The minimum atomic E-state index is -0.209. The van der Waals surface area contributed by atoms with E-state index in [0.717, 1.165) is 16.3 Å². The van der Waals surface area contributed by atoms with Crippen LogP contribution >= 0.6 is 11.6 Å². The van der Waals surface area contributed by atoms with Gasteiger partial charge in [0.15, 0.2) is 0 Å². The molecule has 0 aromatic heterocycles. The molecule has 0 bridgehead atoms. The van der Waals surface area contributed by atoms with Crippen molar-refractivity contribution in [3.05, 3.63) is 64.4 Å². The SMILES string of the molecule is CN(Cc1ccccc1Cl)c1cccc(F)c1CCN. The van der Waals surface area contributed by atoms with Gasteiger partial charge in [-0.15, -0.1) is 0 Å². The van der Waals surface area contributed by atoms with Crippen molar-refractivity contribution in [2.24, 2.45) is 5.73 Å². The summed E-state index contributed by atoms with van der Waals surface area (Å²) in [6, 6.07) is 12.8. The van der Waals surface area contributed by atoms with Crippen molar-refractivity contribution in [1.29, 1.82) is 0 Å². The standard InChI is InChI=1S/C16H18ClFN2/c1-20(11-12-5-2-3-6-14(12)17)16-8-4-7-15(18)13(16)9-10-19/h2-8H,9-11,19H2,1H3. The Morgan fingerprint density at radius 3 is 2.60 bits per heavy atom. The molecule has 0 unspecified atom stereocenters. The lowest BCUT2D eigenvalue weighted by molar-refractivity contribution is 0.608. The van der Waals surface area contributed by atoms with Crippen LogP contribution in [0, 0.1) is 5.82 Å². The monoisotopic (exact) mass is 292 g/mol. The summed E-state index contributed by atoms with van der Waals surface area (Å²) in [4.78, 5) is 2.00. The van der Waals surface area contributed by atoms with Crippen LogP contribution in [0.3, 0.4) is 0 Å². The molecule has 0 saturated carbocycles. The fourth-order valence-corrected chi connectivity index (χ4v) is 2.46. The summed E-state index contributed by atoms with van der Waals surface area (Å²) in [7, 11) is 1.93. The van der Waals surface area contributed by atoms with Crippen molar-refractivity contribution in [2.45, 2.75) is 13.0 Å². The van der Waals surface area contributed by atoms with Crippen LogP contribution in [0.25, 0.3) is 0 Å². The molecule has 106 valence electrons. The molecular formula is C16H18ClFN2. The largest absolute Gasteiger partial charge is 0.370 e. The quantitative estimate of drug-likeness (QED) is 0.912. The van der Waals surface area contributed by atoms with Gasteiger partial charge in [-0.25, -0.2) is 4.39 Å². The molecule has 2 N–H and O–H groups in total. The molecule has 0 fully saturated rings. The second kappa shape index (κ2) is 6.73. The van der Waals surface area contributed by atoms with Crippen molar-refractivity contribution in [3.63, 3.8) is 0 Å². The third-order valence-electron chi connectivity index (χ3n) is 3.27. The third-order valence-corrected chi connectivity index (χ3v) is 3.63. The number of rotatable bonds is 5. The normalized spacial score (nSPS) is 10.6. The third kappa shape index (κ3) is 3.30. The molecule has 2 aromatic carbocycles. The first kappa shape index (κ1) is 14.8. The van der Waals surface area contributed by atoms with Gasteiger partial charge in [0.25, 0.3) is 0 Å². The summed E-state index contributed by atoms with van der Waals surface area (Å²) in [6.07, 6.45) is 0.523. The zero-order chi connectivity index (χ0) is 14.5. The van der Waals surface area contributed by atoms with Crippen molar-refractivity contribution >= 4 is 17.3 Å². The van der Waals surface area contributed by atoms with Crippen molar-refractivity contribution in [2.75, 3.05) is 18.5 Å². The van der Waals surface area contributed by atoms with E-state index in [4.69, 9.17) is 17.3 Å². The zero-order valence-corrected chi connectivity index (χ0v) is 12.2. The van der Waals surface area contributed by atoms with Crippen LogP contribution < -0.4 is 10.6 Å². The highest BCUT2D eigenvalue weighted by Gasteiger charge is 2.12. The number of nitrogens with two attached hydrogens (primary N) is 1. The summed E-state index contributed by atoms with van der Waals surface area (Å²) in [6.45, 7) is 1.05. The molecule has 0 amide bonds. The Bertz CT molecular complexity index is 586. The van der Waals surface area contributed by atoms with Gasteiger partial charge in [-0.05, 0) is 36.7 Å². The molecule has 2 rings (SSSR count). The Kier molecular flexibility index (Phi) is 4.99. The number of halogens is 2. The first-order valence-electron chi connectivity index (χ1n) is 6.55. The number of hydrogen-bond donors (Lipinski definition) is 1. The molecule has 0 aliphatic heterocycles. The van der Waals surface area contributed by atoms with Gasteiger partial charge < -0.3 is 10.6 Å². The summed E-state index contributed by atoms with van der Waals surface area (Å²) in [5, 5.41) is 0.719. The Labute approximate surface area is 124 Å². The van der Waals surface area contributed by atoms with Crippen LogP contribution in [0.1, 0.15) is 11.1 Å². The first-order valence-corrected chi connectivity index (χ1v) is 6.93. The van der Waals surface area contributed by atoms with Gasteiger partial charge in [-0.3, -0.25) is 0 Å². The number of nitrogens with zero attached hydrogens (tertiary/aromatic N) is 1. The lowest BCUT2D eigenvalue weighted by Gasteiger charge is -2.23. The predicted molar refractivity (Wildman–Crippen MR) is 82.7 cm³/mol. The van der Waals surface area contributed by atoms with Crippen LogP contribution in [0.4, 0.5) is 10.1 Å². The topological polar surface area (TPSA) is 29.3 Å². The average molecular weight is 293 g/mol. The van der Waals surface area contributed by atoms with E-state index in [-0.39, 0.29) is 5.82 Å². The maximum atomic E-state index is 13.9. The summed E-state index contributed by atoms with van der Waals surface area (Å²) in [5.74, 6) is -0.209. The van der Waals surface area contributed by atoms with E-state index < -0.39 is 0 Å². The molecule has 0 aliphatic rings. The minimum absolute atomic E-state index is 0.209. The smallest absolute Gasteiger partial charge is 0.128 e. The fourth-order valence-electron chi connectivity index (χ4n) is 2.26. The Morgan fingerprint density at radius 2 is 1.90 bits per heavy atom. The van der Waals surface area contributed by atoms with Gasteiger partial charge in [0.2, 0.25) is 0 Å². The summed E-state index contributed by atoms with van der Waals surface area (Å²) < 4.78 is 13.9. The molecule has 20 heavy (non-hydrogen) atoms. The van der Waals surface area contributed by atoms with Gasteiger partial charge in [0.1, 0.15) is 5.82 Å². The molecular weight excluding hydrogens is 275 g/mol. The van der Waals surface area contributed by atoms with Crippen LogP contribution in [-0.2, 0) is 13.0 Å². The average Bonchev–Trinajstić information content (AvgIpc) is 2.43. The van der Waals surface area contributed by atoms with Gasteiger partial charge in [-0.2, -0.15) is 0 Å². The highest BCUT2D eigenvalue weighted by molar-refractivity contribution is 6.31. The second-order valence-corrected chi connectivity index (χ2v) is 5.13. The second-order valence-electron chi connectivity index (χ2n) is 4.72. The van der Waals surface area contributed by atoms with Gasteiger partial charge >= 0.3 is 0 Å². The molecule has 2 aromatic rings. The lowest BCUT2D eigenvalue weighted by Crippen LogP contribution is -2.20. The van der Waals surface area contributed by atoms with E-state index in [2.05, 4.69) is 0 Å². The lowest BCUT2D eigenvalue weighted by atomic mass is 10.1. The highest BCUT2D eigenvalue weighted by atomic mass is 35.5. The minimum Gasteiger partial charge on any atom is -0.370 e. The zero-order valence-electron chi connectivity index (χ0n) is 11.4. The predicted octanol–water partition coefficient (Wildman–Crippen LogP) is 3.62. The van der Waals surface area contributed by atoms with E-state index in [0.29, 0.717) is 25.1 Å². The molecule has 0 spiro atoms. The van der Waals surface area contributed by atoms with Gasteiger partial charge in [-0.1, -0.05) is 35.9 Å². The molecule has 0 aliphatic carbocycles. The van der Waals surface area contributed by atoms with E-state index >= 15 is 0 Å². The van der Waals surface area contributed by atoms with Crippen LogP contribution in [0.15, 0.2) is 42.5 Å².